The number of allylic oxidation sites excluding steroid dienone is 3. The van der Waals surface area contributed by atoms with E-state index in [2.05, 4.69) is 42.7 Å². The summed E-state index contributed by atoms with van der Waals surface area (Å²) in [6.07, 6.45) is 8.93. The summed E-state index contributed by atoms with van der Waals surface area (Å²) >= 11 is 0. The average molecular weight is 266 g/mol. The molecule has 1 rings (SSSR count). The van der Waals surface area contributed by atoms with Gasteiger partial charge in [-0.1, -0.05) is 37.6 Å². The Labute approximate surface area is 116 Å². The molecule has 0 heterocycles. The topological polar surface area (TPSA) is 50.4 Å². The number of nitrogens with one attached hydrogen (secondary N) is 2. The zero-order valence-corrected chi connectivity index (χ0v) is 12.2. The maximum Gasteiger partial charge on any atom is 0.407 e. The average Bonchev–Trinajstić information content (AvgIpc) is 2.35. The molecule has 0 radical (unpaired) electrons. The van der Waals surface area contributed by atoms with Gasteiger partial charge < -0.3 is 15.4 Å². The highest BCUT2D eigenvalue weighted by Crippen LogP contribution is 2.18. The van der Waals surface area contributed by atoms with Crippen LogP contribution in [0.15, 0.2) is 23.8 Å². The van der Waals surface area contributed by atoms with Crippen molar-refractivity contribution in [3.05, 3.63) is 23.8 Å². The molecule has 1 aliphatic rings. The Kier molecular flexibility index (Phi) is 7.26. The van der Waals surface area contributed by atoms with Gasteiger partial charge in [-0.25, -0.2) is 4.79 Å². The first-order valence-electron chi connectivity index (χ1n) is 7.10. The molecule has 2 N–H and O–H groups in total. The first-order valence-corrected chi connectivity index (χ1v) is 7.10. The molecule has 19 heavy (non-hydrogen) atoms. The monoisotopic (exact) mass is 266 g/mol. The van der Waals surface area contributed by atoms with Crippen LogP contribution in [0.2, 0.25) is 0 Å². The zero-order chi connectivity index (χ0) is 14.1. The fraction of sp³-hybridized carbons (Fsp3) is 0.667. The standard InChI is InChI=1S/C15H26N2O2/c1-12(2)16-9-10-17-15(18)19-13(3)11-14-7-5-4-6-8-14/h4-5,7,12-13,16H,6,8-11H2,1-3H3,(H,17,18). The van der Waals surface area contributed by atoms with E-state index in [1.165, 1.54) is 5.57 Å². The molecule has 0 aliphatic heterocycles. The second kappa shape index (κ2) is 8.75. The lowest BCUT2D eigenvalue weighted by molar-refractivity contribution is 0.106. The second-order valence-corrected chi connectivity index (χ2v) is 5.25. The molecule has 0 fully saturated rings. The van der Waals surface area contributed by atoms with Crippen LogP contribution >= 0.6 is 0 Å². The molecular formula is C15H26N2O2. The van der Waals surface area contributed by atoms with Gasteiger partial charge in [-0.3, -0.25) is 0 Å². The molecule has 4 heteroatoms. The highest BCUT2D eigenvalue weighted by atomic mass is 16.6. The third-order valence-electron chi connectivity index (χ3n) is 2.90. The Hall–Kier alpha value is -1.29. The molecule has 1 aliphatic carbocycles. The number of alkyl carbamates (subject to hydrolysis) is 1. The highest BCUT2D eigenvalue weighted by Gasteiger charge is 2.11. The minimum Gasteiger partial charge on any atom is -0.446 e. The number of rotatable bonds is 7. The van der Waals surface area contributed by atoms with E-state index in [0.29, 0.717) is 12.6 Å². The summed E-state index contributed by atoms with van der Waals surface area (Å²) in [4.78, 5) is 11.5. The highest BCUT2D eigenvalue weighted by molar-refractivity contribution is 5.67. The fourth-order valence-electron chi connectivity index (χ4n) is 1.98. The normalized spacial score (nSPS) is 16.1. The molecule has 1 atom stereocenters. The predicted octanol–water partition coefficient (Wildman–Crippen LogP) is 2.77. The number of hydrogen-bond donors (Lipinski definition) is 2. The van der Waals surface area contributed by atoms with E-state index in [4.69, 9.17) is 4.74 Å². The minimum atomic E-state index is -0.329. The van der Waals surface area contributed by atoms with Gasteiger partial charge in [-0.15, -0.1) is 0 Å². The van der Waals surface area contributed by atoms with E-state index in [1.54, 1.807) is 0 Å². The van der Waals surface area contributed by atoms with Crippen LogP contribution in [0.3, 0.4) is 0 Å². The van der Waals surface area contributed by atoms with Gasteiger partial charge >= 0.3 is 6.09 Å². The molecule has 0 aromatic heterocycles. The van der Waals surface area contributed by atoms with Crippen molar-refractivity contribution in [3.8, 4) is 0 Å². The SMILES string of the molecule is CC(C)NCCNC(=O)OC(C)CC1=CC=CCC1. The van der Waals surface area contributed by atoms with Crippen LogP contribution in [-0.4, -0.2) is 31.3 Å². The molecular weight excluding hydrogens is 240 g/mol. The van der Waals surface area contributed by atoms with Crippen LogP contribution in [0.25, 0.3) is 0 Å². The summed E-state index contributed by atoms with van der Waals surface area (Å²) in [5.74, 6) is 0. The van der Waals surface area contributed by atoms with Gasteiger partial charge in [-0.2, -0.15) is 0 Å². The van der Waals surface area contributed by atoms with E-state index in [9.17, 15) is 4.79 Å². The van der Waals surface area contributed by atoms with E-state index < -0.39 is 0 Å². The van der Waals surface area contributed by atoms with Crippen LogP contribution in [-0.2, 0) is 4.74 Å². The lowest BCUT2D eigenvalue weighted by Crippen LogP contribution is -2.36. The molecule has 0 saturated heterocycles. The summed E-state index contributed by atoms with van der Waals surface area (Å²) in [7, 11) is 0. The van der Waals surface area contributed by atoms with Crippen molar-refractivity contribution in [3.63, 3.8) is 0 Å². The lowest BCUT2D eigenvalue weighted by atomic mass is 10.00. The molecule has 1 unspecified atom stereocenters. The second-order valence-electron chi connectivity index (χ2n) is 5.25. The first-order chi connectivity index (χ1) is 9.08. The quantitative estimate of drug-likeness (QED) is 0.697. The summed E-state index contributed by atoms with van der Waals surface area (Å²) in [6.45, 7) is 7.44. The van der Waals surface area contributed by atoms with E-state index in [0.717, 1.165) is 25.8 Å². The largest absolute Gasteiger partial charge is 0.446 e. The Balaban J connectivity index is 2.13. The van der Waals surface area contributed by atoms with Crippen LogP contribution in [0.5, 0.6) is 0 Å². The van der Waals surface area contributed by atoms with Crippen LogP contribution in [0.1, 0.15) is 40.0 Å². The van der Waals surface area contributed by atoms with Gasteiger partial charge in [-0.05, 0) is 19.8 Å². The van der Waals surface area contributed by atoms with Crippen molar-refractivity contribution >= 4 is 6.09 Å². The van der Waals surface area contributed by atoms with E-state index >= 15 is 0 Å². The van der Waals surface area contributed by atoms with E-state index in [1.807, 2.05) is 6.92 Å². The van der Waals surface area contributed by atoms with Crippen molar-refractivity contribution in [1.82, 2.24) is 10.6 Å². The van der Waals surface area contributed by atoms with Gasteiger partial charge in [0.2, 0.25) is 0 Å². The van der Waals surface area contributed by atoms with Gasteiger partial charge in [0, 0.05) is 25.6 Å². The summed E-state index contributed by atoms with van der Waals surface area (Å²) < 4.78 is 5.32. The first kappa shape index (κ1) is 15.8. The third kappa shape index (κ3) is 7.67. The Bertz CT molecular complexity index is 335. The summed E-state index contributed by atoms with van der Waals surface area (Å²) in [6, 6.07) is 0.433. The van der Waals surface area contributed by atoms with Crippen molar-refractivity contribution in [1.29, 1.82) is 0 Å². The summed E-state index contributed by atoms with van der Waals surface area (Å²) in [5.41, 5.74) is 1.35. The van der Waals surface area contributed by atoms with Crippen LogP contribution in [0, 0.1) is 0 Å². The molecule has 0 aromatic carbocycles. The lowest BCUT2D eigenvalue weighted by Gasteiger charge is -2.17. The van der Waals surface area contributed by atoms with Crippen molar-refractivity contribution in [2.45, 2.75) is 52.2 Å². The molecule has 0 saturated carbocycles. The van der Waals surface area contributed by atoms with Crippen molar-refractivity contribution in [2.75, 3.05) is 13.1 Å². The molecule has 4 nitrogen and oxygen atoms in total. The number of carbonyl (C=O) groups excluding carboxylic acids is 1. The smallest absolute Gasteiger partial charge is 0.407 e. The number of amides is 1. The van der Waals surface area contributed by atoms with Gasteiger partial charge in [0.15, 0.2) is 0 Å². The van der Waals surface area contributed by atoms with Gasteiger partial charge in [0.25, 0.3) is 0 Å². The number of hydrogen-bond acceptors (Lipinski definition) is 3. The molecule has 1 amide bonds. The molecule has 108 valence electrons. The van der Waals surface area contributed by atoms with Crippen LogP contribution in [0.4, 0.5) is 4.79 Å². The van der Waals surface area contributed by atoms with E-state index in [-0.39, 0.29) is 12.2 Å². The summed E-state index contributed by atoms with van der Waals surface area (Å²) in [5, 5.41) is 5.98. The third-order valence-corrected chi connectivity index (χ3v) is 2.90. The number of ether oxygens (including phenoxy) is 1. The Morgan fingerprint density at radius 3 is 2.79 bits per heavy atom. The van der Waals surface area contributed by atoms with Gasteiger partial charge in [0.05, 0.1) is 0 Å². The minimum absolute atomic E-state index is 0.0733. The maximum atomic E-state index is 11.5. The number of carbonyl (C=O) groups is 1. The van der Waals surface area contributed by atoms with Crippen LogP contribution < -0.4 is 10.6 Å². The Morgan fingerprint density at radius 1 is 1.37 bits per heavy atom. The zero-order valence-electron chi connectivity index (χ0n) is 12.2. The van der Waals surface area contributed by atoms with Crippen molar-refractivity contribution in [2.24, 2.45) is 0 Å². The maximum absolute atomic E-state index is 11.5. The fourth-order valence-corrected chi connectivity index (χ4v) is 1.98. The predicted molar refractivity (Wildman–Crippen MR) is 78.2 cm³/mol. The van der Waals surface area contributed by atoms with Crippen molar-refractivity contribution < 1.29 is 9.53 Å². The molecule has 0 spiro atoms. The van der Waals surface area contributed by atoms with Gasteiger partial charge in [0.1, 0.15) is 6.10 Å². The Morgan fingerprint density at radius 2 is 2.16 bits per heavy atom. The molecule has 0 aromatic rings. The molecule has 0 bridgehead atoms.